The lowest BCUT2D eigenvalue weighted by molar-refractivity contribution is -0.108. The molecule has 0 aromatic heterocycles. The van der Waals surface area contributed by atoms with E-state index in [1.807, 2.05) is 12.1 Å². The van der Waals surface area contributed by atoms with E-state index in [2.05, 4.69) is 0 Å². The number of hydrogen-bond donors (Lipinski definition) is 0. The Morgan fingerprint density at radius 1 is 0.958 bits per heavy atom. The molecule has 0 aliphatic heterocycles. The second-order valence-electron chi connectivity index (χ2n) is 5.19. The van der Waals surface area contributed by atoms with Crippen LogP contribution in [0.15, 0.2) is 54.1 Å². The summed E-state index contributed by atoms with van der Waals surface area (Å²) in [5.41, 5.74) is 2.59. The summed E-state index contributed by atoms with van der Waals surface area (Å²) in [5, 5.41) is 9.31. The van der Waals surface area contributed by atoms with Crippen molar-refractivity contribution in [3.63, 3.8) is 0 Å². The van der Waals surface area contributed by atoms with Gasteiger partial charge in [-0.2, -0.15) is 5.26 Å². The lowest BCUT2D eigenvalue weighted by Gasteiger charge is -2.03. The quantitative estimate of drug-likeness (QED) is 0.340. The Labute approximate surface area is 140 Å². The number of rotatable bonds is 7. The minimum atomic E-state index is -0.397. The maximum atomic E-state index is 12.5. The zero-order chi connectivity index (χ0) is 17.4. The topological polar surface area (TPSA) is 75.0 Å². The van der Waals surface area contributed by atoms with E-state index in [0.717, 1.165) is 23.7 Å². The fourth-order valence-corrected chi connectivity index (χ4v) is 2.31. The van der Waals surface area contributed by atoms with Crippen molar-refractivity contribution in [1.82, 2.24) is 0 Å². The van der Waals surface area contributed by atoms with E-state index >= 15 is 0 Å². The molecule has 0 spiro atoms. The van der Waals surface area contributed by atoms with E-state index in [-0.39, 0.29) is 18.4 Å². The van der Waals surface area contributed by atoms with Gasteiger partial charge in [0.25, 0.3) is 0 Å². The third-order valence-electron chi connectivity index (χ3n) is 3.45. The first-order valence-electron chi connectivity index (χ1n) is 7.39. The third-order valence-corrected chi connectivity index (χ3v) is 3.45. The average molecular weight is 317 g/mol. The molecule has 0 saturated heterocycles. The molecule has 0 bridgehead atoms. The van der Waals surface area contributed by atoms with Crippen LogP contribution in [0, 0.1) is 11.3 Å². The van der Waals surface area contributed by atoms with E-state index in [9.17, 15) is 19.6 Å². The Kier molecular flexibility index (Phi) is 5.93. The smallest absolute Gasteiger partial charge is 0.203 e. The van der Waals surface area contributed by atoms with E-state index in [1.165, 1.54) is 6.08 Å². The van der Waals surface area contributed by atoms with Crippen molar-refractivity contribution in [2.75, 3.05) is 0 Å². The van der Waals surface area contributed by atoms with Gasteiger partial charge < -0.3 is 9.59 Å². The molecule has 0 fully saturated rings. The molecule has 4 nitrogen and oxygen atoms in total. The van der Waals surface area contributed by atoms with Crippen molar-refractivity contribution >= 4 is 24.4 Å². The summed E-state index contributed by atoms with van der Waals surface area (Å²) < 4.78 is 0. The lowest BCUT2D eigenvalue weighted by atomic mass is 9.99. The lowest BCUT2D eigenvalue weighted by Crippen LogP contribution is -2.03. The number of allylic oxidation sites excluding steroid dienone is 1. The molecule has 0 saturated carbocycles. The molecule has 0 N–H and O–H groups in total. The van der Waals surface area contributed by atoms with Gasteiger partial charge in [-0.1, -0.05) is 42.5 Å². The number of aldehydes is 2. The maximum absolute atomic E-state index is 12.5. The molecule has 0 unspecified atom stereocenters. The molecule has 4 heteroatoms. The van der Waals surface area contributed by atoms with E-state index in [4.69, 9.17) is 0 Å². The van der Waals surface area contributed by atoms with Crippen molar-refractivity contribution in [1.29, 1.82) is 5.26 Å². The van der Waals surface area contributed by atoms with Crippen molar-refractivity contribution in [3.05, 3.63) is 76.4 Å². The first-order valence-corrected chi connectivity index (χ1v) is 7.39. The maximum Gasteiger partial charge on any atom is 0.203 e. The van der Waals surface area contributed by atoms with Gasteiger partial charge in [-0.15, -0.1) is 0 Å². The summed E-state index contributed by atoms with van der Waals surface area (Å²) in [6.45, 7) is 0. The van der Waals surface area contributed by atoms with Crippen molar-refractivity contribution < 1.29 is 14.4 Å². The van der Waals surface area contributed by atoms with Crippen LogP contribution in [0.2, 0.25) is 0 Å². The normalized spacial score (nSPS) is 10.7. The fourth-order valence-electron chi connectivity index (χ4n) is 2.31. The van der Waals surface area contributed by atoms with Gasteiger partial charge in [0, 0.05) is 18.4 Å². The molecule has 0 aliphatic rings. The SMILES string of the molecule is N#C/C(=C\c1cccc(CC=O)c1)C(=O)c1cccc(CC=O)c1. The molecular formula is C20H15NO3. The number of carbonyl (C=O) groups excluding carboxylic acids is 3. The van der Waals surface area contributed by atoms with Crippen LogP contribution >= 0.6 is 0 Å². The standard InChI is InChI=1S/C20H15NO3/c21-14-19(13-17-5-1-3-15(11-17)7-9-22)20(24)18-6-2-4-16(12-18)8-10-23/h1-6,9-13H,7-8H2/b19-13+. The van der Waals surface area contributed by atoms with Gasteiger partial charge in [-0.25, -0.2) is 0 Å². The number of nitrogens with zero attached hydrogens (tertiary/aromatic N) is 1. The highest BCUT2D eigenvalue weighted by Crippen LogP contribution is 2.15. The zero-order valence-corrected chi connectivity index (χ0v) is 12.9. The van der Waals surface area contributed by atoms with Gasteiger partial charge in [0.1, 0.15) is 24.2 Å². The number of carbonyl (C=O) groups is 3. The first kappa shape index (κ1) is 17.0. The summed E-state index contributed by atoms with van der Waals surface area (Å²) in [4.78, 5) is 33.7. The van der Waals surface area contributed by atoms with Gasteiger partial charge in [-0.05, 0) is 28.8 Å². The Balaban J connectivity index is 2.33. The molecule has 0 aliphatic carbocycles. The summed E-state index contributed by atoms with van der Waals surface area (Å²) >= 11 is 0. The van der Waals surface area contributed by atoms with Crippen LogP contribution in [0.25, 0.3) is 6.08 Å². The Morgan fingerprint density at radius 3 is 2.21 bits per heavy atom. The molecule has 24 heavy (non-hydrogen) atoms. The van der Waals surface area contributed by atoms with Crippen LogP contribution in [-0.4, -0.2) is 18.4 Å². The molecule has 0 atom stereocenters. The summed E-state index contributed by atoms with van der Waals surface area (Å²) in [5.74, 6) is -0.397. The minimum Gasteiger partial charge on any atom is -0.303 e. The summed E-state index contributed by atoms with van der Waals surface area (Å²) in [6, 6.07) is 15.7. The highest BCUT2D eigenvalue weighted by Gasteiger charge is 2.12. The van der Waals surface area contributed by atoms with Gasteiger partial charge in [0.05, 0.1) is 0 Å². The highest BCUT2D eigenvalue weighted by molar-refractivity contribution is 6.14. The number of ketones is 1. The van der Waals surface area contributed by atoms with E-state index in [1.54, 1.807) is 42.5 Å². The van der Waals surface area contributed by atoms with Crippen LogP contribution < -0.4 is 0 Å². The molecule has 2 aromatic carbocycles. The molecule has 0 amide bonds. The van der Waals surface area contributed by atoms with Crippen LogP contribution in [0.4, 0.5) is 0 Å². The predicted octanol–water partition coefficient (Wildman–Crippen LogP) is 2.96. The van der Waals surface area contributed by atoms with Crippen LogP contribution in [0.3, 0.4) is 0 Å². The fraction of sp³-hybridized carbons (Fsp3) is 0.100. The van der Waals surface area contributed by atoms with E-state index < -0.39 is 5.78 Å². The summed E-state index contributed by atoms with van der Waals surface area (Å²) in [6.07, 6.45) is 3.58. The number of nitriles is 1. The number of Topliss-reactive ketones (excluding diaryl/α,β-unsaturated/α-hetero) is 1. The van der Waals surface area contributed by atoms with Crippen LogP contribution in [-0.2, 0) is 22.4 Å². The molecule has 2 rings (SSSR count). The monoisotopic (exact) mass is 317 g/mol. The van der Waals surface area contributed by atoms with Gasteiger partial charge in [0.2, 0.25) is 5.78 Å². The molecule has 0 heterocycles. The molecule has 0 radical (unpaired) electrons. The molecular weight excluding hydrogens is 302 g/mol. The van der Waals surface area contributed by atoms with E-state index in [0.29, 0.717) is 11.1 Å². The molecule has 2 aromatic rings. The predicted molar refractivity (Wildman–Crippen MR) is 90.3 cm³/mol. The largest absolute Gasteiger partial charge is 0.303 e. The molecule has 118 valence electrons. The first-order chi connectivity index (χ1) is 11.7. The van der Waals surface area contributed by atoms with Gasteiger partial charge in [-0.3, -0.25) is 4.79 Å². The zero-order valence-electron chi connectivity index (χ0n) is 12.9. The summed E-state index contributed by atoms with van der Waals surface area (Å²) in [7, 11) is 0. The van der Waals surface area contributed by atoms with Crippen molar-refractivity contribution in [3.8, 4) is 6.07 Å². The highest BCUT2D eigenvalue weighted by atomic mass is 16.1. The van der Waals surface area contributed by atoms with Crippen LogP contribution in [0.1, 0.15) is 27.0 Å². The van der Waals surface area contributed by atoms with Crippen molar-refractivity contribution in [2.45, 2.75) is 12.8 Å². The Bertz CT molecular complexity index is 844. The van der Waals surface area contributed by atoms with Crippen molar-refractivity contribution in [2.24, 2.45) is 0 Å². The van der Waals surface area contributed by atoms with Gasteiger partial charge in [0.15, 0.2) is 0 Å². The number of hydrogen-bond acceptors (Lipinski definition) is 4. The Morgan fingerprint density at radius 2 is 1.58 bits per heavy atom. The minimum absolute atomic E-state index is 0.00139. The third kappa shape index (κ3) is 4.34. The number of benzene rings is 2. The van der Waals surface area contributed by atoms with Crippen LogP contribution in [0.5, 0.6) is 0 Å². The second-order valence-corrected chi connectivity index (χ2v) is 5.19. The second kappa shape index (κ2) is 8.35. The van der Waals surface area contributed by atoms with Gasteiger partial charge >= 0.3 is 0 Å². The Hall–Kier alpha value is -3.32. The average Bonchev–Trinajstić information content (AvgIpc) is 2.60.